The number of nitrogens with two attached hydrogens (primary N) is 1. The van der Waals surface area contributed by atoms with E-state index >= 15 is 0 Å². The van der Waals surface area contributed by atoms with Crippen LogP contribution in [0.1, 0.15) is 12.8 Å². The summed E-state index contributed by atoms with van der Waals surface area (Å²) < 4.78 is 5.63. The molecular weight excluding hydrogens is 376 g/mol. The number of rotatable bonds is 2. The van der Waals surface area contributed by atoms with Gasteiger partial charge in [0.05, 0.1) is 0 Å². The molecule has 5 nitrogen and oxygen atoms in total. The first-order valence-corrected chi connectivity index (χ1v) is 5.94. The van der Waals surface area contributed by atoms with E-state index in [1.54, 1.807) is 0 Å². The predicted molar refractivity (Wildman–Crippen MR) is 88.6 cm³/mol. The lowest BCUT2D eigenvalue weighted by Gasteiger charge is -2.22. The van der Waals surface area contributed by atoms with Gasteiger partial charge in [0.15, 0.2) is 5.58 Å². The van der Waals surface area contributed by atoms with Gasteiger partial charge in [-0.05, 0) is 44.1 Å². The number of oxazole rings is 1. The number of hydrogen-bond donors (Lipinski definition) is 3. The Balaban J connectivity index is 0.000000902. The van der Waals surface area contributed by atoms with Gasteiger partial charge in [-0.3, -0.25) is 0 Å². The van der Waals surface area contributed by atoms with Crippen LogP contribution in [0.15, 0.2) is 22.6 Å². The monoisotopic (exact) mass is 392 g/mol. The molecule has 1 aromatic heterocycles. The first-order chi connectivity index (χ1) is 8.31. The van der Waals surface area contributed by atoms with E-state index in [1.807, 2.05) is 18.2 Å². The third-order valence-corrected chi connectivity index (χ3v) is 3.08. The summed E-state index contributed by atoms with van der Waals surface area (Å²) in [5, 5.41) is 6.66. The van der Waals surface area contributed by atoms with Crippen LogP contribution in [-0.2, 0) is 0 Å². The van der Waals surface area contributed by atoms with E-state index in [2.05, 4.69) is 15.6 Å². The van der Waals surface area contributed by atoms with Crippen molar-refractivity contribution in [1.29, 1.82) is 0 Å². The first-order valence-electron chi connectivity index (χ1n) is 5.94. The molecule has 0 aliphatic carbocycles. The van der Waals surface area contributed by atoms with Crippen molar-refractivity contribution in [3.63, 3.8) is 0 Å². The molecule has 19 heavy (non-hydrogen) atoms. The lowest BCUT2D eigenvalue weighted by atomic mass is 10.1. The lowest BCUT2D eigenvalue weighted by Crippen LogP contribution is -2.35. The van der Waals surface area contributed by atoms with Crippen LogP contribution in [0.4, 0.5) is 11.7 Å². The fourth-order valence-corrected chi connectivity index (χ4v) is 2.15. The maximum absolute atomic E-state index is 5.71. The molecule has 3 rings (SSSR count). The van der Waals surface area contributed by atoms with Crippen LogP contribution in [0.2, 0.25) is 0 Å². The Morgan fingerprint density at radius 1 is 1.26 bits per heavy atom. The Morgan fingerprint density at radius 2 is 2.00 bits per heavy atom. The first kappa shape index (κ1) is 16.3. The highest BCUT2D eigenvalue weighted by atomic mass is 79.9. The van der Waals surface area contributed by atoms with Crippen molar-refractivity contribution in [2.24, 2.45) is 0 Å². The quantitative estimate of drug-likeness (QED) is 0.684. The van der Waals surface area contributed by atoms with Gasteiger partial charge in [0.25, 0.3) is 6.01 Å². The molecule has 0 atom stereocenters. The van der Waals surface area contributed by atoms with E-state index in [0.29, 0.717) is 17.7 Å². The molecule has 1 aliphatic heterocycles. The summed E-state index contributed by atoms with van der Waals surface area (Å²) in [5.74, 6) is 0. The SMILES string of the molecule is Br.Br.Nc1ccc2oc(NC3CCNCC3)nc2c1. The minimum atomic E-state index is 0. The topological polar surface area (TPSA) is 76.1 Å². The number of piperidine rings is 1. The van der Waals surface area contributed by atoms with Gasteiger partial charge >= 0.3 is 0 Å². The highest BCUT2D eigenvalue weighted by Gasteiger charge is 2.15. The van der Waals surface area contributed by atoms with Gasteiger partial charge in [0.2, 0.25) is 0 Å². The molecule has 2 aromatic rings. The molecule has 2 heterocycles. The number of halogens is 2. The summed E-state index contributed by atoms with van der Waals surface area (Å²) in [6.45, 7) is 2.09. The van der Waals surface area contributed by atoms with Crippen molar-refractivity contribution in [3.05, 3.63) is 18.2 Å². The molecule has 0 radical (unpaired) electrons. The number of aromatic nitrogens is 1. The van der Waals surface area contributed by atoms with E-state index in [-0.39, 0.29) is 34.0 Å². The van der Waals surface area contributed by atoms with Gasteiger partial charge in [0.1, 0.15) is 5.52 Å². The number of nitrogen functional groups attached to an aromatic ring is 1. The van der Waals surface area contributed by atoms with Gasteiger partial charge in [0, 0.05) is 11.7 Å². The number of fused-ring (bicyclic) bond motifs is 1. The third kappa shape index (κ3) is 3.84. The average molecular weight is 394 g/mol. The Kier molecular flexibility index (Phi) is 6.09. The van der Waals surface area contributed by atoms with E-state index in [9.17, 15) is 0 Å². The van der Waals surface area contributed by atoms with Gasteiger partial charge < -0.3 is 20.8 Å². The lowest BCUT2D eigenvalue weighted by molar-refractivity contribution is 0.466. The zero-order chi connectivity index (χ0) is 11.7. The minimum absolute atomic E-state index is 0. The van der Waals surface area contributed by atoms with E-state index < -0.39 is 0 Å². The average Bonchev–Trinajstić information content (AvgIpc) is 2.71. The molecule has 7 heteroatoms. The molecule has 1 aromatic carbocycles. The van der Waals surface area contributed by atoms with Crippen LogP contribution < -0.4 is 16.4 Å². The molecule has 0 spiro atoms. The van der Waals surface area contributed by atoms with Crippen molar-refractivity contribution in [2.75, 3.05) is 24.1 Å². The molecule has 106 valence electrons. The smallest absolute Gasteiger partial charge is 0.295 e. The van der Waals surface area contributed by atoms with Crippen LogP contribution in [0, 0.1) is 0 Å². The number of hydrogen-bond acceptors (Lipinski definition) is 5. The van der Waals surface area contributed by atoms with E-state index in [0.717, 1.165) is 37.0 Å². The normalized spacial score (nSPS) is 15.6. The Bertz CT molecular complexity index is 525. The Hall–Kier alpha value is -0.790. The van der Waals surface area contributed by atoms with Crippen LogP contribution in [-0.4, -0.2) is 24.1 Å². The van der Waals surface area contributed by atoms with Crippen molar-refractivity contribution < 1.29 is 4.42 Å². The fraction of sp³-hybridized carbons (Fsp3) is 0.417. The second-order valence-corrected chi connectivity index (χ2v) is 4.41. The zero-order valence-corrected chi connectivity index (χ0v) is 13.8. The van der Waals surface area contributed by atoms with Crippen LogP contribution in [0.5, 0.6) is 0 Å². The summed E-state index contributed by atoms with van der Waals surface area (Å²) in [6, 6.07) is 6.54. The Morgan fingerprint density at radius 3 is 2.74 bits per heavy atom. The molecule has 1 aliphatic rings. The summed E-state index contributed by atoms with van der Waals surface area (Å²) >= 11 is 0. The van der Waals surface area contributed by atoms with Crippen LogP contribution >= 0.6 is 34.0 Å². The number of nitrogens with zero attached hydrogens (tertiary/aromatic N) is 1. The second-order valence-electron chi connectivity index (χ2n) is 4.41. The summed E-state index contributed by atoms with van der Waals surface area (Å²) in [4.78, 5) is 4.39. The molecule has 0 saturated carbocycles. The largest absolute Gasteiger partial charge is 0.424 e. The minimum Gasteiger partial charge on any atom is -0.424 e. The van der Waals surface area contributed by atoms with Gasteiger partial charge in [-0.2, -0.15) is 4.98 Å². The van der Waals surface area contributed by atoms with E-state index in [1.165, 1.54) is 0 Å². The molecule has 0 unspecified atom stereocenters. The highest BCUT2D eigenvalue weighted by molar-refractivity contribution is 8.93. The van der Waals surface area contributed by atoms with Gasteiger partial charge in [-0.1, -0.05) is 0 Å². The van der Waals surface area contributed by atoms with Crippen molar-refractivity contribution in [3.8, 4) is 0 Å². The number of anilines is 2. The predicted octanol–water partition coefficient (Wildman–Crippen LogP) is 2.73. The maximum Gasteiger partial charge on any atom is 0.295 e. The van der Waals surface area contributed by atoms with Crippen molar-refractivity contribution in [1.82, 2.24) is 10.3 Å². The van der Waals surface area contributed by atoms with Crippen molar-refractivity contribution >= 4 is 56.8 Å². The number of nitrogens with one attached hydrogen (secondary N) is 2. The fourth-order valence-electron chi connectivity index (χ4n) is 2.15. The second kappa shape index (κ2) is 7.12. The van der Waals surface area contributed by atoms with Crippen molar-refractivity contribution in [2.45, 2.75) is 18.9 Å². The molecule has 4 N–H and O–H groups in total. The van der Waals surface area contributed by atoms with E-state index in [4.69, 9.17) is 10.2 Å². The summed E-state index contributed by atoms with van der Waals surface area (Å²) in [6.07, 6.45) is 2.20. The zero-order valence-electron chi connectivity index (χ0n) is 10.4. The van der Waals surface area contributed by atoms with Gasteiger partial charge in [-0.15, -0.1) is 34.0 Å². The maximum atomic E-state index is 5.71. The molecule has 1 saturated heterocycles. The van der Waals surface area contributed by atoms with Gasteiger partial charge in [-0.25, -0.2) is 0 Å². The molecule has 0 amide bonds. The third-order valence-electron chi connectivity index (χ3n) is 3.08. The Labute approximate surface area is 132 Å². The molecule has 0 bridgehead atoms. The highest BCUT2D eigenvalue weighted by Crippen LogP contribution is 2.22. The van der Waals surface area contributed by atoms with Crippen LogP contribution in [0.3, 0.4) is 0 Å². The summed E-state index contributed by atoms with van der Waals surface area (Å²) in [5.41, 5.74) is 8.00. The molecule has 1 fully saturated rings. The standard InChI is InChI=1S/C12H16N4O.2BrH/c13-8-1-2-11-10(7-8)16-12(17-11)15-9-3-5-14-6-4-9;;/h1-2,7,9,14H,3-6,13H2,(H,15,16);2*1H. The molecular formula is C12H18Br2N4O. The van der Waals surface area contributed by atoms with Crippen LogP contribution in [0.25, 0.3) is 11.1 Å². The summed E-state index contributed by atoms with van der Waals surface area (Å²) in [7, 11) is 0. The number of benzene rings is 1.